The molecule has 6 heteroatoms. The maximum absolute atomic E-state index is 12.0. The molecule has 0 unspecified atom stereocenters. The second-order valence-corrected chi connectivity index (χ2v) is 6.23. The normalized spacial score (nSPS) is 10.3. The zero-order valence-corrected chi connectivity index (χ0v) is 14.7. The first-order chi connectivity index (χ1) is 12.6. The van der Waals surface area contributed by atoms with Crippen molar-refractivity contribution >= 4 is 29.1 Å². The standard InChI is InChI=1S/C20H18ClN3O2/c21-17-8-6-15(7-9-17)13-24-11-10-18(14-24)23-19(25)12-22-20(26)16-4-2-1-3-5-16/h1-11,14H,12-13H2,(H,22,26)(H,23,25). The Morgan fingerprint density at radius 1 is 0.962 bits per heavy atom. The minimum Gasteiger partial charge on any atom is -0.348 e. The molecule has 0 fully saturated rings. The molecule has 5 nitrogen and oxygen atoms in total. The minimum atomic E-state index is -0.279. The number of aromatic nitrogens is 1. The van der Waals surface area contributed by atoms with Crippen LogP contribution in [0.1, 0.15) is 15.9 Å². The third-order valence-electron chi connectivity index (χ3n) is 3.76. The van der Waals surface area contributed by atoms with Crippen LogP contribution in [0.25, 0.3) is 0 Å². The number of amides is 2. The summed E-state index contributed by atoms with van der Waals surface area (Å²) in [5.74, 6) is -0.556. The largest absolute Gasteiger partial charge is 0.348 e. The van der Waals surface area contributed by atoms with Crippen molar-refractivity contribution in [2.24, 2.45) is 0 Å². The van der Waals surface area contributed by atoms with E-state index < -0.39 is 0 Å². The minimum absolute atomic E-state index is 0.0872. The van der Waals surface area contributed by atoms with Crippen LogP contribution in [-0.4, -0.2) is 22.9 Å². The van der Waals surface area contributed by atoms with Gasteiger partial charge in [-0.15, -0.1) is 0 Å². The predicted molar refractivity (Wildman–Crippen MR) is 102 cm³/mol. The highest BCUT2D eigenvalue weighted by molar-refractivity contribution is 6.30. The first-order valence-corrected chi connectivity index (χ1v) is 8.51. The third kappa shape index (κ3) is 4.97. The molecule has 0 atom stereocenters. The molecule has 1 heterocycles. The summed E-state index contributed by atoms with van der Waals surface area (Å²) >= 11 is 5.88. The lowest BCUT2D eigenvalue weighted by Gasteiger charge is -2.06. The van der Waals surface area contributed by atoms with Crippen LogP contribution in [0.5, 0.6) is 0 Å². The number of hydrogen-bond acceptors (Lipinski definition) is 2. The van der Waals surface area contributed by atoms with Crippen molar-refractivity contribution in [3.63, 3.8) is 0 Å². The number of benzene rings is 2. The van der Waals surface area contributed by atoms with Crippen LogP contribution < -0.4 is 10.6 Å². The van der Waals surface area contributed by atoms with E-state index in [0.717, 1.165) is 5.56 Å². The Kier molecular flexibility index (Phi) is 5.71. The van der Waals surface area contributed by atoms with E-state index in [9.17, 15) is 9.59 Å². The number of nitrogens with zero attached hydrogens (tertiary/aromatic N) is 1. The van der Waals surface area contributed by atoms with E-state index in [4.69, 9.17) is 11.6 Å². The van der Waals surface area contributed by atoms with Gasteiger partial charge >= 0.3 is 0 Å². The average Bonchev–Trinajstić information content (AvgIpc) is 3.09. The smallest absolute Gasteiger partial charge is 0.251 e. The number of carbonyl (C=O) groups excluding carboxylic acids is 2. The van der Waals surface area contributed by atoms with Crippen LogP contribution >= 0.6 is 11.6 Å². The van der Waals surface area contributed by atoms with Crippen molar-refractivity contribution in [2.45, 2.75) is 6.54 Å². The first-order valence-electron chi connectivity index (χ1n) is 8.13. The van der Waals surface area contributed by atoms with Gasteiger partial charge in [0.25, 0.3) is 5.91 Å². The molecule has 0 aliphatic rings. The molecular weight excluding hydrogens is 350 g/mol. The molecule has 0 aliphatic heterocycles. The number of carbonyl (C=O) groups is 2. The Balaban J connectivity index is 1.49. The SMILES string of the molecule is O=C(CNC(=O)c1ccccc1)Nc1ccn(Cc2ccc(Cl)cc2)c1. The van der Waals surface area contributed by atoms with Crippen LogP contribution in [-0.2, 0) is 11.3 Å². The maximum atomic E-state index is 12.0. The molecular formula is C20H18ClN3O2. The van der Waals surface area contributed by atoms with Gasteiger partial charge in [0.1, 0.15) is 0 Å². The molecule has 3 rings (SSSR count). The zero-order chi connectivity index (χ0) is 18.4. The van der Waals surface area contributed by atoms with Crippen molar-refractivity contribution in [3.05, 3.63) is 89.2 Å². The van der Waals surface area contributed by atoms with Crippen LogP contribution in [0.3, 0.4) is 0 Å². The van der Waals surface area contributed by atoms with Gasteiger partial charge < -0.3 is 15.2 Å². The molecule has 0 spiro atoms. The van der Waals surface area contributed by atoms with Gasteiger partial charge in [-0.3, -0.25) is 9.59 Å². The first kappa shape index (κ1) is 17.8. The Morgan fingerprint density at radius 2 is 1.69 bits per heavy atom. The van der Waals surface area contributed by atoms with Gasteiger partial charge in [-0.2, -0.15) is 0 Å². The van der Waals surface area contributed by atoms with Crippen LogP contribution in [0.4, 0.5) is 5.69 Å². The summed E-state index contributed by atoms with van der Waals surface area (Å²) in [6, 6.07) is 18.2. The van der Waals surface area contributed by atoms with Gasteiger partial charge in [0.05, 0.1) is 12.2 Å². The van der Waals surface area contributed by atoms with Gasteiger partial charge in [0, 0.05) is 29.5 Å². The van der Waals surface area contributed by atoms with Gasteiger partial charge in [-0.25, -0.2) is 0 Å². The summed E-state index contributed by atoms with van der Waals surface area (Å²) in [5, 5.41) is 6.07. The molecule has 132 valence electrons. The van der Waals surface area contributed by atoms with Crippen molar-refractivity contribution in [1.29, 1.82) is 0 Å². The van der Waals surface area contributed by atoms with E-state index in [1.807, 2.05) is 53.4 Å². The lowest BCUT2D eigenvalue weighted by atomic mass is 10.2. The molecule has 2 N–H and O–H groups in total. The lowest BCUT2D eigenvalue weighted by Crippen LogP contribution is -2.32. The highest BCUT2D eigenvalue weighted by Crippen LogP contribution is 2.13. The summed E-state index contributed by atoms with van der Waals surface area (Å²) in [5.41, 5.74) is 2.31. The lowest BCUT2D eigenvalue weighted by molar-refractivity contribution is -0.115. The number of nitrogens with one attached hydrogen (secondary N) is 2. The molecule has 1 aromatic heterocycles. The second-order valence-electron chi connectivity index (χ2n) is 5.80. The highest BCUT2D eigenvalue weighted by atomic mass is 35.5. The van der Waals surface area contributed by atoms with E-state index in [-0.39, 0.29) is 18.4 Å². The summed E-state index contributed by atoms with van der Waals surface area (Å²) in [6.07, 6.45) is 3.72. The van der Waals surface area contributed by atoms with Gasteiger partial charge in [-0.05, 0) is 35.9 Å². The molecule has 2 amide bonds. The highest BCUT2D eigenvalue weighted by Gasteiger charge is 2.08. The topological polar surface area (TPSA) is 63.1 Å². The van der Waals surface area contributed by atoms with Gasteiger partial charge in [0.15, 0.2) is 0 Å². The fourth-order valence-corrected chi connectivity index (χ4v) is 2.60. The summed E-state index contributed by atoms with van der Waals surface area (Å²) in [7, 11) is 0. The number of anilines is 1. The number of rotatable bonds is 6. The van der Waals surface area contributed by atoms with Crippen molar-refractivity contribution in [3.8, 4) is 0 Å². The fraction of sp³-hybridized carbons (Fsp3) is 0.100. The maximum Gasteiger partial charge on any atom is 0.251 e. The Labute approximate surface area is 156 Å². The van der Waals surface area contributed by atoms with Crippen molar-refractivity contribution in [1.82, 2.24) is 9.88 Å². The van der Waals surface area contributed by atoms with E-state index in [1.54, 1.807) is 24.3 Å². The molecule has 0 saturated heterocycles. The molecule has 0 saturated carbocycles. The quantitative estimate of drug-likeness (QED) is 0.699. The summed E-state index contributed by atoms with van der Waals surface area (Å²) < 4.78 is 1.96. The fourth-order valence-electron chi connectivity index (χ4n) is 2.47. The third-order valence-corrected chi connectivity index (χ3v) is 4.01. The molecule has 26 heavy (non-hydrogen) atoms. The van der Waals surface area contributed by atoms with E-state index in [2.05, 4.69) is 10.6 Å². The van der Waals surface area contributed by atoms with Crippen LogP contribution in [0.2, 0.25) is 5.02 Å². The van der Waals surface area contributed by atoms with E-state index in [1.165, 1.54) is 0 Å². The Bertz CT molecular complexity index is 889. The zero-order valence-electron chi connectivity index (χ0n) is 14.0. The Hall–Kier alpha value is -3.05. The summed E-state index contributed by atoms with van der Waals surface area (Å²) in [4.78, 5) is 23.9. The van der Waals surface area contributed by atoms with E-state index in [0.29, 0.717) is 22.8 Å². The van der Waals surface area contributed by atoms with Crippen LogP contribution in [0, 0.1) is 0 Å². The average molecular weight is 368 g/mol. The van der Waals surface area contributed by atoms with Gasteiger partial charge in [0.2, 0.25) is 5.91 Å². The molecule has 0 bridgehead atoms. The van der Waals surface area contributed by atoms with E-state index >= 15 is 0 Å². The number of halogens is 1. The van der Waals surface area contributed by atoms with Crippen molar-refractivity contribution in [2.75, 3.05) is 11.9 Å². The Morgan fingerprint density at radius 3 is 2.42 bits per heavy atom. The predicted octanol–water partition coefficient (Wildman–Crippen LogP) is 3.56. The molecule has 3 aromatic rings. The monoisotopic (exact) mass is 367 g/mol. The molecule has 0 radical (unpaired) electrons. The van der Waals surface area contributed by atoms with Crippen LogP contribution in [0.15, 0.2) is 73.1 Å². The molecule has 2 aromatic carbocycles. The number of hydrogen-bond donors (Lipinski definition) is 2. The second kappa shape index (κ2) is 8.36. The van der Waals surface area contributed by atoms with Crippen molar-refractivity contribution < 1.29 is 9.59 Å². The summed E-state index contributed by atoms with van der Waals surface area (Å²) in [6.45, 7) is 0.591. The molecule has 0 aliphatic carbocycles. The van der Waals surface area contributed by atoms with Gasteiger partial charge in [-0.1, -0.05) is 41.9 Å².